The van der Waals surface area contributed by atoms with E-state index in [0.717, 1.165) is 31.5 Å². The normalized spacial score (nSPS) is 17.7. The van der Waals surface area contributed by atoms with Crippen LogP contribution in [0.3, 0.4) is 0 Å². The van der Waals surface area contributed by atoms with Crippen LogP contribution in [0, 0.1) is 5.92 Å². The molecule has 1 saturated heterocycles. The van der Waals surface area contributed by atoms with E-state index in [0.29, 0.717) is 6.04 Å². The molecule has 1 fully saturated rings. The third-order valence-corrected chi connectivity index (χ3v) is 4.54. The van der Waals surface area contributed by atoms with Gasteiger partial charge < -0.3 is 20.4 Å². The highest BCUT2D eigenvalue weighted by atomic mass is 15.2. The first kappa shape index (κ1) is 21.2. The number of hydrogen-bond acceptors (Lipinski definition) is 3. The maximum atomic E-state index is 4.76. The molecule has 2 N–H and O–H groups in total. The van der Waals surface area contributed by atoms with Gasteiger partial charge in [-0.1, -0.05) is 27.2 Å². The van der Waals surface area contributed by atoms with Gasteiger partial charge in [0.1, 0.15) is 0 Å². The molecule has 0 saturated carbocycles. The molecule has 0 aliphatic carbocycles. The summed E-state index contributed by atoms with van der Waals surface area (Å²) >= 11 is 0. The molecule has 142 valence electrons. The Kier molecular flexibility index (Phi) is 11.1. The standard InChI is InChI=1S/C19H41N5/c1-6-8-12-23(5)15-11-21-19(20-7-2)22-18-9-13-24(14-10-18)16-17(3)4/h17-18H,6-16H2,1-5H3,(H2,20,21,22). The fraction of sp³-hybridized carbons (Fsp3) is 0.947. The molecule has 0 aromatic rings. The summed E-state index contributed by atoms with van der Waals surface area (Å²) in [6, 6.07) is 0.559. The highest BCUT2D eigenvalue weighted by Gasteiger charge is 2.20. The number of nitrogens with zero attached hydrogens (tertiary/aromatic N) is 3. The molecule has 1 rings (SSSR count). The number of guanidine groups is 1. The van der Waals surface area contributed by atoms with E-state index in [-0.39, 0.29) is 0 Å². The van der Waals surface area contributed by atoms with Crippen molar-refractivity contribution in [1.29, 1.82) is 0 Å². The first-order chi connectivity index (χ1) is 11.5. The number of piperidine rings is 1. The summed E-state index contributed by atoms with van der Waals surface area (Å²) in [5.74, 6) is 1.75. The van der Waals surface area contributed by atoms with Gasteiger partial charge in [-0.25, -0.2) is 0 Å². The van der Waals surface area contributed by atoms with Crippen molar-refractivity contribution in [2.45, 2.75) is 59.4 Å². The van der Waals surface area contributed by atoms with E-state index in [1.165, 1.54) is 51.9 Å². The van der Waals surface area contributed by atoms with Crippen LogP contribution in [0.5, 0.6) is 0 Å². The van der Waals surface area contributed by atoms with Crippen molar-refractivity contribution in [2.24, 2.45) is 10.9 Å². The third-order valence-electron chi connectivity index (χ3n) is 4.54. The minimum Gasteiger partial charge on any atom is -0.357 e. The summed E-state index contributed by atoms with van der Waals surface area (Å²) < 4.78 is 0. The number of unbranched alkanes of at least 4 members (excludes halogenated alkanes) is 1. The minimum atomic E-state index is 0.559. The number of aliphatic imine (C=N–C) groups is 1. The highest BCUT2D eigenvalue weighted by molar-refractivity contribution is 5.80. The van der Waals surface area contributed by atoms with E-state index in [9.17, 15) is 0 Å². The van der Waals surface area contributed by atoms with Crippen molar-refractivity contribution in [1.82, 2.24) is 20.4 Å². The van der Waals surface area contributed by atoms with E-state index >= 15 is 0 Å². The quantitative estimate of drug-likeness (QED) is 0.474. The summed E-state index contributed by atoms with van der Waals surface area (Å²) in [4.78, 5) is 9.73. The van der Waals surface area contributed by atoms with Gasteiger partial charge in [-0.2, -0.15) is 0 Å². The lowest BCUT2D eigenvalue weighted by molar-refractivity contribution is 0.187. The monoisotopic (exact) mass is 339 g/mol. The molecule has 24 heavy (non-hydrogen) atoms. The molecule has 1 aliphatic rings. The molecular formula is C19H41N5. The van der Waals surface area contributed by atoms with Gasteiger partial charge >= 0.3 is 0 Å². The molecule has 1 aliphatic heterocycles. The molecule has 0 unspecified atom stereocenters. The van der Waals surface area contributed by atoms with Crippen LogP contribution in [0.1, 0.15) is 53.4 Å². The summed E-state index contributed by atoms with van der Waals surface area (Å²) in [7, 11) is 2.19. The Morgan fingerprint density at radius 2 is 1.92 bits per heavy atom. The summed E-state index contributed by atoms with van der Waals surface area (Å²) in [5, 5.41) is 7.04. The molecule has 5 heteroatoms. The molecule has 1 heterocycles. The SMILES string of the molecule is CCCCN(C)CCN=C(NCC)NC1CCN(CC(C)C)CC1. The molecule has 0 aromatic heterocycles. The zero-order valence-electron chi connectivity index (χ0n) is 16.8. The predicted octanol–water partition coefficient (Wildman–Crippen LogP) is 2.39. The van der Waals surface area contributed by atoms with Crippen molar-refractivity contribution in [3.05, 3.63) is 0 Å². The fourth-order valence-corrected chi connectivity index (χ4v) is 3.16. The van der Waals surface area contributed by atoms with Gasteiger partial charge in [0.05, 0.1) is 6.54 Å². The van der Waals surface area contributed by atoms with Gasteiger partial charge in [-0.3, -0.25) is 4.99 Å². The Morgan fingerprint density at radius 1 is 1.21 bits per heavy atom. The maximum Gasteiger partial charge on any atom is 0.191 e. The molecule has 0 amide bonds. The number of nitrogens with one attached hydrogen (secondary N) is 2. The molecule has 0 atom stereocenters. The smallest absolute Gasteiger partial charge is 0.191 e. The van der Waals surface area contributed by atoms with Crippen LogP contribution >= 0.6 is 0 Å². The summed E-state index contributed by atoms with van der Waals surface area (Å²) in [6.45, 7) is 16.6. The predicted molar refractivity (Wildman–Crippen MR) is 106 cm³/mol. The second kappa shape index (κ2) is 12.5. The van der Waals surface area contributed by atoms with Gasteiger partial charge in [0, 0.05) is 38.8 Å². The van der Waals surface area contributed by atoms with Crippen molar-refractivity contribution in [2.75, 3.05) is 52.9 Å². The van der Waals surface area contributed by atoms with Crippen LogP contribution in [-0.4, -0.2) is 74.7 Å². The first-order valence-electron chi connectivity index (χ1n) is 10.0. The number of hydrogen-bond donors (Lipinski definition) is 2. The zero-order valence-corrected chi connectivity index (χ0v) is 16.8. The summed E-state index contributed by atoms with van der Waals surface area (Å²) in [5.41, 5.74) is 0. The van der Waals surface area contributed by atoms with Crippen LogP contribution in [0.15, 0.2) is 4.99 Å². The van der Waals surface area contributed by atoms with Gasteiger partial charge in [0.2, 0.25) is 0 Å². The molecule has 0 radical (unpaired) electrons. The number of rotatable bonds is 10. The number of likely N-dealkylation sites (tertiary alicyclic amines) is 1. The first-order valence-corrected chi connectivity index (χ1v) is 10.0. The average molecular weight is 340 g/mol. The second-order valence-corrected chi connectivity index (χ2v) is 7.53. The lowest BCUT2D eigenvalue weighted by atomic mass is 10.0. The zero-order chi connectivity index (χ0) is 17.8. The van der Waals surface area contributed by atoms with Gasteiger partial charge in [-0.05, 0) is 45.7 Å². The van der Waals surface area contributed by atoms with Gasteiger partial charge in [0.25, 0.3) is 0 Å². The lowest BCUT2D eigenvalue weighted by Crippen LogP contribution is -2.49. The average Bonchev–Trinajstić information content (AvgIpc) is 2.54. The third kappa shape index (κ3) is 9.48. The van der Waals surface area contributed by atoms with E-state index in [1.54, 1.807) is 0 Å². The Bertz CT molecular complexity index is 335. The van der Waals surface area contributed by atoms with Crippen LogP contribution in [0.2, 0.25) is 0 Å². The van der Waals surface area contributed by atoms with E-state index in [1.807, 2.05) is 0 Å². The molecule has 5 nitrogen and oxygen atoms in total. The number of likely N-dealkylation sites (N-methyl/N-ethyl adjacent to an activating group) is 1. The molecule has 0 aromatic carbocycles. The summed E-state index contributed by atoms with van der Waals surface area (Å²) in [6.07, 6.45) is 4.96. The Hall–Kier alpha value is -0.810. The minimum absolute atomic E-state index is 0.559. The van der Waals surface area contributed by atoms with Crippen molar-refractivity contribution in [3.8, 4) is 0 Å². The van der Waals surface area contributed by atoms with Crippen molar-refractivity contribution in [3.63, 3.8) is 0 Å². The highest BCUT2D eigenvalue weighted by Crippen LogP contribution is 2.12. The molecule has 0 spiro atoms. The van der Waals surface area contributed by atoms with Crippen LogP contribution < -0.4 is 10.6 Å². The van der Waals surface area contributed by atoms with E-state index in [4.69, 9.17) is 4.99 Å². The largest absolute Gasteiger partial charge is 0.357 e. The Labute approximate surface area is 150 Å². The lowest BCUT2D eigenvalue weighted by Gasteiger charge is -2.34. The van der Waals surface area contributed by atoms with Crippen LogP contribution in [-0.2, 0) is 0 Å². The molecule has 0 bridgehead atoms. The van der Waals surface area contributed by atoms with Gasteiger partial charge in [-0.15, -0.1) is 0 Å². The van der Waals surface area contributed by atoms with E-state index < -0.39 is 0 Å². The van der Waals surface area contributed by atoms with Crippen molar-refractivity contribution >= 4 is 5.96 Å². The van der Waals surface area contributed by atoms with Gasteiger partial charge in [0.15, 0.2) is 5.96 Å². The van der Waals surface area contributed by atoms with E-state index in [2.05, 4.69) is 55.2 Å². The van der Waals surface area contributed by atoms with Crippen molar-refractivity contribution < 1.29 is 0 Å². The van der Waals surface area contributed by atoms with Crippen LogP contribution in [0.4, 0.5) is 0 Å². The Balaban J connectivity index is 2.33. The maximum absolute atomic E-state index is 4.76. The molecular weight excluding hydrogens is 298 g/mol. The van der Waals surface area contributed by atoms with Crippen LogP contribution in [0.25, 0.3) is 0 Å². The Morgan fingerprint density at radius 3 is 2.50 bits per heavy atom. The topological polar surface area (TPSA) is 42.9 Å². The second-order valence-electron chi connectivity index (χ2n) is 7.53. The fourth-order valence-electron chi connectivity index (χ4n) is 3.16.